The normalized spacial score (nSPS) is 10.0. The van der Waals surface area contributed by atoms with Gasteiger partial charge in [0.25, 0.3) is 0 Å². The van der Waals surface area contributed by atoms with Crippen molar-refractivity contribution in [2.75, 3.05) is 28.4 Å². The molecule has 0 unspecified atom stereocenters. The summed E-state index contributed by atoms with van der Waals surface area (Å²) in [5.41, 5.74) is 1.75. The Morgan fingerprint density at radius 3 is 1.75 bits per heavy atom. The first-order chi connectivity index (χ1) is 9.74. The highest BCUT2D eigenvalue weighted by Crippen LogP contribution is 2.43. The van der Waals surface area contributed by atoms with E-state index in [1.807, 2.05) is 36.4 Å². The summed E-state index contributed by atoms with van der Waals surface area (Å²) in [7, 11) is 6.51. The third-order valence-electron chi connectivity index (χ3n) is 3.11. The van der Waals surface area contributed by atoms with E-state index in [4.69, 9.17) is 18.9 Å². The van der Waals surface area contributed by atoms with Crippen LogP contribution in [0.5, 0.6) is 23.0 Å². The third kappa shape index (κ3) is 2.50. The molecule has 4 heteroatoms. The van der Waals surface area contributed by atoms with Gasteiger partial charge in [-0.15, -0.1) is 0 Å². The van der Waals surface area contributed by atoms with Crippen molar-refractivity contribution in [1.29, 1.82) is 0 Å². The van der Waals surface area contributed by atoms with Gasteiger partial charge < -0.3 is 18.9 Å². The summed E-state index contributed by atoms with van der Waals surface area (Å²) in [6.07, 6.45) is 0. The third-order valence-corrected chi connectivity index (χ3v) is 3.11. The Hall–Kier alpha value is -2.36. The van der Waals surface area contributed by atoms with Crippen LogP contribution >= 0.6 is 0 Å². The molecule has 0 aliphatic rings. The van der Waals surface area contributed by atoms with E-state index in [0.717, 1.165) is 28.4 Å². The summed E-state index contributed by atoms with van der Waals surface area (Å²) in [6.45, 7) is 0. The van der Waals surface area contributed by atoms with Crippen molar-refractivity contribution in [3.05, 3.63) is 36.4 Å². The van der Waals surface area contributed by atoms with Crippen LogP contribution in [0.1, 0.15) is 0 Å². The minimum Gasteiger partial charge on any atom is -0.497 e. The van der Waals surface area contributed by atoms with Crippen LogP contribution < -0.4 is 18.9 Å². The maximum atomic E-state index is 5.45. The second-order valence-electron chi connectivity index (χ2n) is 4.10. The summed E-state index contributed by atoms with van der Waals surface area (Å²) in [6, 6.07) is 11.3. The van der Waals surface area contributed by atoms with Gasteiger partial charge in [-0.05, 0) is 24.3 Å². The Labute approximate surface area is 118 Å². The quantitative estimate of drug-likeness (QED) is 0.837. The zero-order valence-electron chi connectivity index (χ0n) is 12.1. The molecular weight excluding hydrogens is 256 g/mol. The summed E-state index contributed by atoms with van der Waals surface area (Å²) in [5.74, 6) is 2.90. The summed E-state index contributed by atoms with van der Waals surface area (Å²) < 4.78 is 21.5. The van der Waals surface area contributed by atoms with Crippen LogP contribution in [0.15, 0.2) is 36.4 Å². The van der Waals surface area contributed by atoms with Gasteiger partial charge >= 0.3 is 0 Å². The molecule has 0 spiro atoms. The van der Waals surface area contributed by atoms with E-state index in [2.05, 4.69) is 0 Å². The Morgan fingerprint density at radius 2 is 1.25 bits per heavy atom. The first kappa shape index (κ1) is 14.1. The van der Waals surface area contributed by atoms with Crippen molar-refractivity contribution in [3.63, 3.8) is 0 Å². The van der Waals surface area contributed by atoms with Gasteiger partial charge in [-0.3, -0.25) is 0 Å². The Morgan fingerprint density at radius 1 is 0.650 bits per heavy atom. The average Bonchev–Trinajstić information content (AvgIpc) is 2.53. The first-order valence-corrected chi connectivity index (χ1v) is 6.18. The molecule has 0 radical (unpaired) electrons. The van der Waals surface area contributed by atoms with Crippen LogP contribution in [0, 0.1) is 0 Å². The maximum absolute atomic E-state index is 5.45. The summed E-state index contributed by atoms with van der Waals surface area (Å²) >= 11 is 0. The summed E-state index contributed by atoms with van der Waals surface area (Å²) in [5, 5.41) is 0. The van der Waals surface area contributed by atoms with Crippen LogP contribution in [0.25, 0.3) is 11.1 Å². The first-order valence-electron chi connectivity index (χ1n) is 6.18. The summed E-state index contributed by atoms with van der Waals surface area (Å²) in [4.78, 5) is 0. The lowest BCUT2D eigenvalue weighted by molar-refractivity contribution is 0.389. The van der Waals surface area contributed by atoms with Crippen molar-refractivity contribution < 1.29 is 18.9 Å². The van der Waals surface area contributed by atoms with Crippen molar-refractivity contribution in [2.24, 2.45) is 0 Å². The minimum absolute atomic E-state index is 0.701. The van der Waals surface area contributed by atoms with Gasteiger partial charge in [0.15, 0.2) is 0 Å². The van der Waals surface area contributed by atoms with E-state index in [0.29, 0.717) is 5.75 Å². The predicted octanol–water partition coefficient (Wildman–Crippen LogP) is 3.39. The zero-order valence-corrected chi connectivity index (χ0v) is 12.1. The largest absolute Gasteiger partial charge is 0.497 e. The lowest BCUT2D eigenvalue weighted by Gasteiger charge is -2.16. The lowest BCUT2D eigenvalue weighted by Crippen LogP contribution is -1.96. The topological polar surface area (TPSA) is 36.9 Å². The van der Waals surface area contributed by atoms with Gasteiger partial charge in [0.05, 0.1) is 34.0 Å². The SMILES string of the molecule is COc1ccc(-c2c(OC)cccc2OC)c(OC)c1. The molecule has 0 amide bonds. The van der Waals surface area contributed by atoms with Gasteiger partial charge in [0.1, 0.15) is 23.0 Å². The fourth-order valence-corrected chi connectivity index (χ4v) is 2.12. The highest BCUT2D eigenvalue weighted by Gasteiger charge is 2.16. The van der Waals surface area contributed by atoms with E-state index in [1.54, 1.807) is 28.4 Å². The lowest BCUT2D eigenvalue weighted by atomic mass is 10.0. The molecule has 2 aromatic carbocycles. The van der Waals surface area contributed by atoms with E-state index in [9.17, 15) is 0 Å². The Bertz CT molecular complexity index is 571. The molecule has 0 aliphatic carbocycles. The highest BCUT2D eigenvalue weighted by molar-refractivity contribution is 5.81. The van der Waals surface area contributed by atoms with Gasteiger partial charge in [0, 0.05) is 11.6 Å². The molecule has 0 saturated heterocycles. The monoisotopic (exact) mass is 274 g/mol. The molecule has 0 fully saturated rings. The molecular formula is C16H18O4. The van der Waals surface area contributed by atoms with Gasteiger partial charge in [-0.1, -0.05) is 6.07 Å². The molecule has 2 rings (SSSR count). The molecule has 0 N–H and O–H groups in total. The number of rotatable bonds is 5. The second-order valence-corrected chi connectivity index (χ2v) is 4.10. The van der Waals surface area contributed by atoms with Crippen molar-refractivity contribution in [3.8, 4) is 34.1 Å². The van der Waals surface area contributed by atoms with Gasteiger partial charge in [-0.25, -0.2) is 0 Å². The van der Waals surface area contributed by atoms with Crippen LogP contribution in [-0.4, -0.2) is 28.4 Å². The van der Waals surface area contributed by atoms with Crippen LogP contribution in [0.4, 0.5) is 0 Å². The number of hydrogen-bond acceptors (Lipinski definition) is 4. The molecule has 4 nitrogen and oxygen atoms in total. The molecule has 106 valence electrons. The second kappa shape index (κ2) is 6.19. The molecule has 0 heterocycles. The smallest absolute Gasteiger partial charge is 0.130 e. The number of methoxy groups -OCH3 is 4. The molecule has 0 saturated carbocycles. The molecule has 0 atom stereocenters. The molecule has 2 aromatic rings. The van der Waals surface area contributed by atoms with Gasteiger partial charge in [-0.2, -0.15) is 0 Å². The van der Waals surface area contributed by atoms with Gasteiger partial charge in [0.2, 0.25) is 0 Å². The van der Waals surface area contributed by atoms with Crippen LogP contribution in [0.2, 0.25) is 0 Å². The molecule has 0 aromatic heterocycles. The maximum Gasteiger partial charge on any atom is 0.130 e. The number of ether oxygens (including phenoxy) is 4. The van der Waals surface area contributed by atoms with E-state index in [1.165, 1.54) is 0 Å². The Balaban J connectivity index is 2.67. The zero-order chi connectivity index (χ0) is 14.5. The average molecular weight is 274 g/mol. The number of hydrogen-bond donors (Lipinski definition) is 0. The fraction of sp³-hybridized carbons (Fsp3) is 0.250. The van der Waals surface area contributed by atoms with E-state index in [-0.39, 0.29) is 0 Å². The Kier molecular flexibility index (Phi) is 4.35. The van der Waals surface area contributed by atoms with Crippen molar-refractivity contribution in [2.45, 2.75) is 0 Å². The van der Waals surface area contributed by atoms with Crippen molar-refractivity contribution >= 4 is 0 Å². The fourth-order valence-electron chi connectivity index (χ4n) is 2.12. The highest BCUT2D eigenvalue weighted by atomic mass is 16.5. The molecule has 0 bridgehead atoms. The molecule has 0 aliphatic heterocycles. The van der Waals surface area contributed by atoms with Crippen LogP contribution in [0.3, 0.4) is 0 Å². The van der Waals surface area contributed by atoms with E-state index >= 15 is 0 Å². The minimum atomic E-state index is 0.701. The van der Waals surface area contributed by atoms with E-state index < -0.39 is 0 Å². The standard InChI is InChI=1S/C16H18O4/c1-17-11-8-9-12(15(10-11)20-4)16-13(18-2)6-5-7-14(16)19-3/h5-10H,1-4H3. The molecule has 20 heavy (non-hydrogen) atoms. The predicted molar refractivity (Wildman–Crippen MR) is 78.1 cm³/mol. The van der Waals surface area contributed by atoms with Crippen molar-refractivity contribution in [1.82, 2.24) is 0 Å². The number of benzene rings is 2. The van der Waals surface area contributed by atoms with Crippen LogP contribution in [-0.2, 0) is 0 Å².